The maximum Gasteiger partial charge on any atom is 0.304 e. The predicted octanol–water partition coefficient (Wildman–Crippen LogP) is 4.07. The maximum absolute atomic E-state index is 15.7. The van der Waals surface area contributed by atoms with Gasteiger partial charge in [-0.2, -0.15) is 0 Å². The summed E-state index contributed by atoms with van der Waals surface area (Å²) in [6, 6.07) is 11.7. The van der Waals surface area contributed by atoms with Gasteiger partial charge in [-0.25, -0.2) is 9.37 Å². The quantitative estimate of drug-likeness (QED) is 0.439. The molecule has 1 saturated heterocycles. The van der Waals surface area contributed by atoms with Crippen LogP contribution in [0.3, 0.4) is 0 Å². The summed E-state index contributed by atoms with van der Waals surface area (Å²) >= 11 is 0. The molecule has 190 valence electrons. The molecule has 0 spiro atoms. The first kappa shape index (κ1) is 25.4. The summed E-state index contributed by atoms with van der Waals surface area (Å²) in [6.07, 6.45) is 3.61. The van der Waals surface area contributed by atoms with Gasteiger partial charge in [-0.1, -0.05) is 18.2 Å². The minimum Gasteiger partial charge on any atom is -0.491 e. The number of anilines is 1. The number of halogens is 1. The zero-order chi connectivity index (χ0) is 24.7. The van der Waals surface area contributed by atoms with E-state index >= 15 is 4.39 Å². The van der Waals surface area contributed by atoms with E-state index in [0.29, 0.717) is 57.9 Å². The number of aliphatic carboxylic acids is 1. The largest absolute Gasteiger partial charge is 0.491 e. The molecule has 2 aliphatic heterocycles. The second-order valence-corrected chi connectivity index (χ2v) is 9.69. The van der Waals surface area contributed by atoms with Crippen molar-refractivity contribution in [3.63, 3.8) is 0 Å². The number of nitrogens with one attached hydrogen (secondary N) is 1. The van der Waals surface area contributed by atoms with Gasteiger partial charge < -0.3 is 19.9 Å². The first-order chi connectivity index (χ1) is 16.9. The zero-order valence-electron chi connectivity index (χ0n) is 20.5. The van der Waals surface area contributed by atoms with Crippen molar-refractivity contribution in [1.82, 2.24) is 9.88 Å². The molecular weight excluding hydrogens is 449 g/mol. The molecule has 3 heterocycles. The molecule has 0 saturated carbocycles. The van der Waals surface area contributed by atoms with Crippen LogP contribution in [-0.2, 0) is 22.4 Å². The Morgan fingerprint density at radius 2 is 2.20 bits per heavy atom. The topological polar surface area (TPSA) is 83.9 Å². The number of likely N-dealkylation sites (tertiary alicyclic amines) is 1. The third-order valence-corrected chi connectivity index (χ3v) is 6.95. The Bertz CT molecular complexity index is 1000. The van der Waals surface area contributed by atoms with Gasteiger partial charge in [0.15, 0.2) is 0 Å². The Morgan fingerprint density at radius 3 is 3.03 bits per heavy atom. The number of hydrogen-bond donors (Lipinski definition) is 2. The highest BCUT2D eigenvalue weighted by Crippen LogP contribution is 2.33. The second kappa shape index (κ2) is 11.8. The fourth-order valence-corrected chi connectivity index (χ4v) is 5.05. The molecule has 1 aromatic heterocycles. The van der Waals surface area contributed by atoms with Crippen LogP contribution in [0, 0.1) is 0 Å². The number of pyridine rings is 1. The fourth-order valence-electron chi connectivity index (χ4n) is 5.05. The van der Waals surface area contributed by atoms with E-state index in [0.717, 1.165) is 36.5 Å². The van der Waals surface area contributed by atoms with Crippen LogP contribution < -0.4 is 10.1 Å². The molecule has 2 aliphatic rings. The van der Waals surface area contributed by atoms with E-state index in [1.54, 1.807) is 7.11 Å². The van der Waals surface area contributed by atoms with Gasteiger partial charge in [0.05, 0.1) is 13.0 Å². The number of ether oxygens (including phenoxy) is 2. The fraction of sp³-hybridized carbons (Fsp3) is 0.556. The molecule has 35 heavy (non-hydrogen) atoms. The van der Waals surface area contributed by atoms with Crippen LogP contribution >= 0.6 is 0 Å². The van der Waals surface area contributed by atoms with Gasteiger partial charge in [-0.15, -0.1) is 0 Å². The SMILES string of the molecule is COCCOc1cccc([C@H](CC(=O)O)CN2CC[C@](F)(CCc3ccc4c(n3)NCCC4)C2)c1. The first-order valence-corrected chi connectivity index (χ1v) is 12.5. The molecular formula is C27H36FN3O4. The lowest BCUT2D eigenvalue weighted by Gasteiger charge is -2.25. The van der Waals surface area contributed by atoms with Gasteiger partial charge in [0, 0.05) is 44.9 Å². The van der Waals surface area contributed by atoms with E-state index in [1.807, 2.05) is 30.3 Å². The lowest BCUT2D eigenvalue weighted by Crippen LogP contribution is -2.32. The minimum absolute atomic E-state index is 0.0106. The van der Waals surface area contributed by atoms with Crippen LogP contribution in [0.5, 0.6) is 5.75 Å². The number of carbonyl (C=O) groups is 1. The van der Waals surface area contributed by atoms with E-state index in [1.165, 1.54) is 5.56 Å². The standard InChI is InChI=1S/C27H36FN3O4/c1-34-14-15-35-24-6-2-4-21(16-24)22(17-25(32)33)18-31-13-11-27(28,19-31)10-9-23-8-7-20-5-3-12-29-26(20)30-23/h2,4,6-8,16,22H,3,5,9-15,17-19H2,1H3,(H,29,30)(H,32,33)/t22-,27-/m1/s1. The van der Waals surface area contributed by atoms with Crippen LogP contribution in [0.1, 0.15) is 48.4 Å². The number of alkyl halides is 1. The zero-order valence-corrected chi connectivity index (χ0v) is 20.5. The molecule has 0 radical (unpaired) electrons. The minimum atomic E-state index is -1.29. The Kier molecular flexibility index (Phi) is 8.57. The second-order valence-electron chi connectivity index (χ2n) is 9.69. The molecule has 8 heteroatoms. The summed E-state index contributed by atoms with van der Waals surface area (Å²) in [7, 11) is 1.62. The predicted molar refractivity (Wildman–Crippen MR) is 133 cm³/mol. The molecule has 2 aromatic rings. The number of benzene rings is 1. The number of aryl methyl sites for hydroxylation is 2. The maximum atomic E-state index is 15.7. The highest BCUT2D eigenvalue weighted by molar-refractivity contribution is 5.68. The highest BCUT2D eigenvalue weighted by atomic mass is 19.1. The van der Waals surface area contributed by atoms with E-state index in [2.05, 4.69) is 16.3 Å². The number of nitrogens with zero attached hydrogens (tertiary/aromatic N) is 2. The smallest absolute Gasteiger partial charge is 0.304 e. The van der Waals surface area contributed by atoms with Crippen LogP contribution in [0.2, 0.25) is 0 Å². The Morgan fingerprint density at radius 1 is 1.31 bits per heavy atom. The van der Waals surface area contributed by atoms with Crippen LogP contribution in [0.15, 0.2) is 36.4 Å². The summed E-state index contributed by atoms with van der Waals surface area (Å²) < 4.78 is 26.4. The lowest BCUT2D eigenvalue weighted by atomic mass is 9.94. The lowest BCUT2D eigenvalue weighted by molar-refractivity contribution is -0.137. The molecule has 1 fully saturated rings. The van der Waals surface area contributed by atoms with E-state index in [9.17, 15) is 9.90 Å². The van der Waals surface area contributed by atoms with Crippen molar-refractivity contribution in [2.45, 2.75) is 50.1 Å². The third kappa shape index (κ3) is 7.15. The van der Waals surface area contributed by atoms with Crippen molar-refractivity contribution in [3.8, 4) is 5.75 Å². The number of aromatic nitrogens is 1. The summed E-state index contributed by atoms with van der Waals surface area (Å²) in [5.41, 5.74) is 1.76. The van der Waals surface area contributed by atoms with Gasteiger partial charge in [0.1, 0.15) is 23.8 Å². The van der Waals surface area contributed by atoms with Crippen molar-refractivity contribution in [1.29, 1.82) is 0 Å². The molecule has 0 aliphatic carbocycles. The van der Waals surface area contributed by atoms with Gasteiger partial charge >= 0.3 is 5.97 Å². The van der Waals surface area contributed by atoms with Crippen molar-refractivity contribution in [3.05, 3.63) is 53.2 Å². The first-order valence-electron chi connectivity index (χ1n) is 12.5. The number of hydrogen-bond acceptors (Lipinski definition) is 6. The molecule has 4 rings (SSSR count). The molecule has 0 bridgehead atoms. The highest BCUT2D eigenvalue weighted by Gasteiger charge is 2.39. The number of carboxylic acid groups (broad SMARTS) is 1. The normalized spacial score (nSPS) is 20.7. The van der Waals surface area contributed by atoms with Crippen molar-refractivity contribution >= 4 is 11.8 Å². The summed E-state index contributed by atoms with van der Waals surface area (Å²) in [5.74, 6) is 0.524. The molecule has 0 unspecified atom stereocenters. The van der Waals surface area contributed by atoms with Crippen LogP contribution in [0.25, 0.3) is 0 Å². The van der Waals surface area contributed by atoms with Crippen molar-refractivity contribution in [2.75, 3.05) is 51.8 Å². The molecule has 7 nitrogen and oxygen atoms in total. The molecule has 2 N–H and O–H groups in total. The average molecular weight is 486 g/mol. The molecule has 0 amide bonds. The number of rotatable bonds is 12. The van der Waals surface area contributed by atoms with Crippen molar-refractivity contribution in [2.24, 2.45) is 0 Å². The third-order valence-electron chi connectivity index (χ3n) is 6.95. The van der Waals surface area contributed by atoms with E-state index < -0.39 is 11.6 Å². The van der Waals surface area contributed by atoms with Gasteiger partial charge in [-0.3, -0.25) is 9.69 Å². The average Bonchev–Trinajstić information content (AvgIpc) is 3.23. The number of carboxylic acids is 1. The molecule has 2 atom stereocenters. The van der Waals surface area contributed by atoms with Crippen LogP contribution in [-0.4, -0.2) is 73.1 Å². The van der Waals surface area contributed by atoms with Crippen molar-refractivity contribution < 1.29 is 23.8 Å². The Labute approximate surface area is 206 Å². The van der Waals surface area contributed by atoms with E-state index in [4.69, 9.17) is 14.5 Å². The summed E-state index contributed by atoms with van der Waals surface area (Å²) in [4.78, 5) is 18.4. The van der Waals surface area contributed by atoms with Crippen LogP contribution in [0.4, 0.5) is 10.2 Å². The van der Waals surface area contributed by atoms with E-state index in [-0.39, 0.29) is 12.3 Å². The number of methoxy groups -OCH3 is 1. The Hall–Kier alpha value is -2.71. The van der Waals surface area contributed by atoms with Gasteiger partial charge in [0.25, 0.3) is 0 Å². The van der Waals surface area contributed by atoms with Gasteiger partial charge in [-0.05, 0) is 61.4 Å². The number of fused-ring (bicyclic) bond motifs is 1. The monoisotopic (exact) mass is 485 g/mol. The van der Waals surface area contributed by atoms with Gasteiger partial charge in [0.2, 0.25) is 0 Å². The summed E-state index contributed by atoms with van der Waals surface area (Å²) in [5, 5.41) is 12.8. The summed E-state index contributed by atoms with van der Waals surface area (Å²) in [6.45, 7) is 3.28. The Balaban J connectivity index is 1.35. The molecule has 1 aromatic carbocycles.